The minimum Gasteiger partial charge on any atom is -0.407 e. The van der Waals surface area contributed by atoms with Crippen molar-refractivity contribution in [2.45, 2.75) is 148 Å². The molecule has 0 saturated carbocycles. The largest absolute Gasteiger partial charge is 0.407 e. The zero-order valence-electron chi connectivity index (χ0n) is 32.5. The summed E-state index contributed by atoms with van der Waals surface area (Å²) in [6, 6.07) is 22.1. The van der Waals surface area contributed by atoms with Crippen LogP contribution in [0.15, 0.2) is 134 Å². The monoisotopic (exact) mass is 693 g/mol. The third kappa shape index (κ3) is 18.9. The van der Waals surface area contributed by atoms with Gasteiger partial charge in [0.1, 0.15) is 0 Å². The molecule has 0 radical (unpaired) electrons. The van der Waals surface area contributed by atoms with Gasteiger partial charge in [-0.2, -0.15) is 0 Å². The molecular weight excluding hydrogens is 621 g/mol. The Labute approximate surface area is 310 Å². The standard InChI is InChI=1S/C48H72OSi/c1-5-6-7-8-9-10-11-12-13-14-15-16-17-18-19-20-21-22-23-24-25-26-27-28-29-30-31-32-33-40-45-49-50(48(2,3)4,46-41-36-34-37-42-46)47-43-38-35-39-44-47/h6-7,9-10,12-13,15-16,18-19,21-22,34-39,41-44H,5,8,11,14,17,20,23-33,40,45H2,1-4H3/b7-6-,10-9-,13-12-,16-15-,19-18-,22-21-. The molecule has 0 spiro atoms. The Morgan fingerprint density at radius 3 is 1.16 bits per heavy atom. The molecule has 0 aliphatic rings. The fraction of sp³-hybridized carbons (Fsp3) is 0.500. The Balaban J connectivity index is 1.43. The summed E-state index contributed by atoms with van der Waals surface area (Å²) in [5.74, 6) is 0. The van der Waals surface area contributed by atoms with Crippen LogP contribution in [0.3, 0.4) is 0 Å². The molecule has 2 rings (SSSR count). The second kappa shape index (κ2) is 28.7. The molecule has 0 aromatic heterocycles. The van der Waals surface area contributed by atoms with Crippen molar-refractivity contribution >= 4 is 18.7 Å². The van der Waals surface area contributed by atoms with Crippen LogP contribution < -0.4 is 10.4 Å². The van der Waals surface area contributed by atoms with Crippen LogP contribution in [-0.2, 0) is 4.43 Å². The normalized spacial score (nSPS) is 13.1. The van der Waals surface area contributed by atoms with E-state index in [2.05, 4.69) is 161 Å². The molecule has 2 aromatic rings. The molecule has 0 aliphatic carbocycles. The van der Waals surface area contributed by atoms with Gasteiger partial charge < -0.3 is 4.43 Å². The number of rotatable bonds is 28. The van der Waals surface area contributed by atoms with Crippen LogP contribution in [0.5, 0.6) is 0 Å². The van der Waals surface area contributed by atoms with Gasteiger partial charge in [-0.1, -0.05) is 219 Å². The number of hydrogen-bond acceptors (Lipinski definition) is 1. The molecule has 50 heavy (non-hydrogen) atoms. The lowest BCUT2D eigenvalue weighted by Gasteiger charge is -2.43. The summed E-state index contributed by atoms with van der Waals surface area (Å²) in [5.41, 5.74) is 0. The Morgan fingerprint density at radius 1 is 0.440 bits per heavy atom. The van der Waals surface area contributed by atoms with Gasteiger partial charge >= 0.3 is 0 Å². The van der Waals surface area contributed by atoms with Gasteiger partial charge in [-0.05, 0) is 73.2 Å². The zero-order chi connectivity index (χ0) is 35.9. The van der Waals surface area contributed by atoms with Gasteiger partial charge in [0.2, 0.25) is 0 Å². The van der Waals surface area contributed by atoms with E-state index in [9.17, 15) is 0 Å². The van der Waals surface area contributed by atoms with Gasteiger partial charge in [0.25, 0.3) is 8.32 Å². The lowest BCUT2D eigenvalue weighted by molar-refractivity contribution is 0.286. The van der Waals surface area contributed by atoms with E-state index in [1.807, 2.05) is 0 Å². The highest BCUT2D eigenvalue weighted by atomic mass is 28.4. The van der Waals surface area contributed by atoms with Gasteiger partial charge in [-0.15, -0.1) is 0 Å². The van der Waals surface area contributed by atoms with Gasteiger partial charge in [-0.3, -0.25) is 0 Å². The molecule has 274 valence electrons. The summed E-state index contributed by atoms with van der Waals surface area (Å²) in [6.45, 7) is 10.1. The first-order valence-electron chi connectivity index (χ1n) is 20.2. The summed E-state index contributed by atoms with van der Waals surface area (Å²) in [5, 5.41) is 2.82. The minimum absolute atomic E-state index is 0.0593. The minimum atomic E-state index is -2.39. The summed E-state index contributed by atoms with van der Waals surface area (Å²) < 4.78 is 7.05. The number of allylic oxidation sites excluding steroid dienone is 12. The van der Waals surface area contributed by atoms with Crippen LogP contribution >= 0.6 is 0 Å². The molecule has 0 saturated heterocycles. The van der Waals surface area contributed by atoms with Gasteiger partial charge in [0, 0.05) is 6.61 Å². The SMILES string of the molecule is CC/C=C\C/C=C\C/C=C\C/C=C\C/C=C\C/C=C\CCCCCCCCCCCCCO[Si](c1ccccc1)(c1ccccc1)C(C)(C)C. The summed E-state index contributed by atoms with van der Waals surface area (Å²) in [4.78, 5) is 0. The molecule has 1 nitrogen and oxygen atoms in total. The molecule has 2 aromatic carbocycles. The average molecular weight is 693 g/mol. The van der Waals surface area contributed by atoms with E-state index in [0.717, 1.165) is 51.6 Å². The summed E-state index contributed by atoms with van der Waals surface area (Å²) in [6.07, 6.45) is 49.6. The van der Waals surface area contributed by atoms with Gasteiger partial charge in [-0.25, -0.2) is 0 Å². The third-order valence-corrected chi connectivity index (χ3v) is 14.4. The number of benzene rings is 2. The Morgan fingerprint density at radius 2 is 0.780 bits per heavy atom. The predicted octanol–water partition coefficient (Wildman–Crippen LogP) is 13.9. The van der Waals surface area contributed by atoms with Crippen molar-refractivity contribution in [2.24, 2.45) is 0 Å². The smallest absolute Gasteiger partial charge is 0.261 e. The predicted molar refractivity (Wildman–Crippen MR) is 227 cm³/mol. The van der Waals surface area contributed by atoms with Crippen molar-refractivity contribution < 1.29 is 4.43 Å². The molecule has 0 unspecified atom stereocenters. The maximum Gasteiger partial charge on any atom is 0.261 e. The highest BCUT2D eigenvalue weighted by molar-refractivity contribution is 6.99. The highest BCUT2D eigenvalue weighted by Crippen LogP contribution is 2.36. The first kappa shape index (κ1) is 43.2. The van der Waals surface area contributed by atoms with E-state index in [0.29, 0.717) is 0 Å². The molecule has 0 amide bonds. The first-order valence-corrected chi connectivity index (χ1v) is 22.1. The molecular formula is C48H72OSi. The van der Waals surface area contributed by atoms with Crippen LogP contribution in [0.2, 0.25) is 5.04 Å². The Hall–Kier alpha value is -2.94. The fourth-order valence-corrected chi connectivity index (χ4v) is 11.2. The van der Waals surface area contributed by atoms with Crippen molar-refractivity contribution in [2.75, 3.05) is 6.61 Å². The maximum absolute atomic E-state index is 7.05. The van der Waals surface area contributed by atoms with Crippen molar-refractivity contribution in [1.82, 2.24) is 0 Å². The first-order chi connectivity index (χ1) is 24.5. The molecule has 0 N–H and O–H groups in total. The Kier molecular flexibility index (Phi) is 24.8. The van der Waals surface area contributed by atoms with E-state index in [1.54, 1.807) is 0 Å². The summed E-state index contributed by atoms with van der Waals surface area (Å²) in [7, 11) is -2.39. The van der Waals surface area contributed by atoms with E-state index >= 15 is 0 Å². The zero-order valence-corrected chi connectivity index (χ0v) is 33.5. The summed E-state index contributed by atoms with van der Waals surface area (Å²) >= 11 is 0. The topological polar surface area (TPSA) is 9.23 Å². The van der Waals surface area contributed by atoms with Crippen molar-refractivity contribution in [1.29, 1.82) is 0 Å². The molecule has 0 heterocycles. The average Bonchev–Trinajstić information content (AvgIpc) is 3.12. The van der Waals surface area contributed by atoms with Crippen LogP contribution in [0.1, 0.15) is 143 Å². The second-order valence-corrected chi connectivity index (χ2v) is 18.9. The van der Waals surface area contributed by atoms with Crippen molar-refractivity contribution in [3.8, 4) is 0 Å². The lowest BCUT2D eigenvalue weighted by Crippen LogP contribution is -2.66. The van der Waals surface area contributed by atoms with E-state index < -0.39 is 8.32 Å². The maximum atomic E-state index is 7.05. The molecule has 0 atom stereocenters. The van der Waals surface area contributed by atoms with Crippen molar-refractivity contribution in [3.05, 3.63) is 134 Å². The number of hydrogen-bond donors (Lipinski definition) is 0. The highest BCUT2D eigenvalue weighted by Gasteiger charge is 2.49. The quantitative estimate of drug-likeness (QED) is 0.0490. The molecule has 0 aliphatic heterocycles. The van der Waals surface area contributed by atoms with Crippen molar-refractivity contribution in [3.63, 3.8) is 0 Å². The van der Waals surface area contributed by atoms with Crippen LogP contribution in [0.25, 0.3) is 0 Å². The van der Waals surface area contributed by atoms with Gasteiger partial charge in [0.05, 0.1) is 0 Å². The van der Waals surface area contributed by atoms with Crippen LogP contribution in [0.4, 0.5) is 0 Å². The second-order valence-electron chi connectivity index (χ2n) is 14.6. The Bertz CT molecular complexity index is 1200. The molecule has 0 bridgehead atoms. The van der Waals surface area contributed by atoms with Gasteiger partial charge in [0.15, 0.2) is 0 Å². The lowest BCUT2D eigenvalue weighted by atomic mass is 10.1. The third-order valence-electron chi connectivity index (χ3n) is 9.35. The van der Waals surface area contributed by atoms with E-state index in [1.165, 1.54) is 81.0 Å². The molecule has 2 heteroatoms. The van der Waals surface area contributed by atoms with E-state index in [4.69, 9.17) is 4.43 Å². The number of unbranched alkanes of at least 4 members (excludes halogenated alkanes) is 11. The van der Waals surface area contributed by atoms with Crippen LogP contribution in [-0.4, -0.2) is 14.9 Å². The fourth-order valence-electron chi connectivity index (χ4n) is 6.58. The van der Waals surface area contributed by atoms with E-state index in [-0.39, 0.29) is 5.04 Å². The molecule has 0 fully saturated rings. The van der Waals surface area contributed by atoms with Crippen LogP contribution in [0, 0.1) is 0 Å².